The SMILES string of the molecule is CNc1ncc(Br)cc1C(=O)N1CCC(C)(C)C1. The fraction of sp³-hybridized carbons (Fsp3) is 0.538. The molecule has 98 valence electrons. The molecule has 0 unspecified atom stereocenters. The van der Waals surface area contributed by atoms with Crippen molar-refractivity contribution in [2.24, 2.45) is 5.41 Å². The normalized spacial score (nSPS) is 17.9. The molecule has 0 spiro atoms. The monoisotopic (exact) mass is 311 g/mol. The van der Waals surface area contributed by atoms with Crippen molar-refractivity contribution in [3.8, 4) is 0 Å². The molecule has 0 saturated carbocycles. The number of hydrogen-bond donors (Lipinski definition) is 1. The van der Waals surface area contributed by atoms with Gasteiger partial charge in [0.15, 0.2) is 0 Å². The van der Waals surface area contributed by atoms with Gasteiger partial charge in [-0.3, -0.25) is 4.79 Å². The summed E-state index contributed by atoms with van der Waals surface area (Å²) in [6.45, 7) is 6.01. The average Bonchev–Trinajstić information content (AvgIpc) is 2.68. The van der Waals surface area contributed by atoms with Gasteiger partial charge in [-0.1, -0.05) is 13.8 Å². The Morgan fingerprint density at radius 1 is 1.56 bits per heavy atom. The van der Waals surface area contributed by atoms with Crippen LogP contribution in [0.1, 0.15) is 30.6 Å². The third kappa shape index (κ3) is 2.66. The van der Waals surface area contributed by atoms with E-state index in [1.165, 1.54) is 0 Å². The number of hydrogen-bond acceptors (Lipinski definition) is 3. The van der Waals surface area contributed by atoms with E-state index in [0.29, 0.717) is 11.4 Å². The second-order valence-electron chi connectivity index (χ2n) is 5.44. The second kappa shape index (κ2) is 4.88. The number of aromatic nitrogens is 1. The van der Waals surface area contributed by atoms with Crippen molar-refractivity contribution in [3.05, 3.63) is 22.3 Å². The summed E-state index contributed by atoms with van der Waals surface area (Å²) in [5.41, 5.74) is 0.846. The zero-order valence-corrected chi connectivity index (χ0v) is 12.5. The second-order valence-corrected chi connectivity index (χ2v) is 6.36. The molecule has 1 aliphatic rings. The van der Waals surface area contributed by atoms with E-state index in [1.54, 1.807) is 13.2 Å². The highest BCUT2D eigenvalue weighted by Crippen LogP contribution is 2.30. The van der Waals surface area contributed by atoms with Crippen LogP contribution < -0.4 is 5.32 Å². The number of halogens is 1. The molecule has 5 heteroatoms. The Balaban J connectivity index is 2.26. The summed E-state index contributed by atoms with van der Waals surface area (Å²) in [6.07, 6.45) is 2.74. The quantitative estimate of drug-likeness (QED) is 0.913. The van der Waals surface area contributed by atoms with Crippen LogP contribution in [0.5, 0.6) is 0 Å². The van der Waals surface area contributed by atoms with E-state index in [9.17, 15) is 4.79 Å². The summed E-state index contributed by atoms with van der Waals surface area (Å²) >= 11 is 3.36. The summed E-state index contributed by atoms with van der Waals surface area (Å²) in [5.74, 6) is 0.687. The number of pyridine rings is 1. The van der Waals surface area contributed by atoms with E-state index >= 15 is 0 Å². The van der Waals surface area contributed by atoms with Crippen molar-refractivity contribution < 1.29 is 4.79 Å². The van der Waals surface area contributed by atoms with Crippen LogP contribution >= 0.6 is 15.9 Å². The summed E-state index contributed by atoms with van der Waals surface area (Å²) in [5, 5.41) is 2.97. The number of likely N-dealkylation sites (tertiary alicyclic amines) is 1. The smallest absolute Gasteiger partial charge is 0.257 e. The summed E-state index contributed by atoms with van der Waals surface area (Å²) < 4.78 is 0.823. The maximum Gasteiger partial charge on any atom is 0.257 e. The standard InChI is InChI=1S/C13H18BrN3O/c1-13(2)4-5-17(8-13)12(18)10-6-9(14)7-16-11(10)15-3/h6-7H,4-5,8H2,1-3H3,(H,15,16). The molecule has 0 radical (unpaired) electrons. The zero-order chi connectivity index (χ0) is 13.3. The molecule has 1 aromatic heterocycles. The third-order valence-corrected chi connectivity index (χ3v) is 3.72. The van der Waals surface area contributed by atoms with Crippen LogP contribution in [0.2, 0.25) is 0 Å². The van der Waals surface area contributed by atoms with Crippen molar-refractivity contribution in [1.29, 1.82) is 0 Å². The van der Waals surface area contributed by atoms with Crippen LogP contribution in [-0.2, 0) is 0 Å². The minimum Gasteiger partial charge on any atom is -0.372 e. The molecule has 0 atom stereocenters. The van der Waals surface area contributed by atoms with Crippen molar-refractivity contribution in [3.63, 3.8) is 0 Å². The Bertz CT molecular complexity index is 473. The molecule has 1 amide bonds. The molecule has 2 heterocycles. The van der Waals surface area contributed by atoms with Crippen molar-refractivity contribution in [1.82, 2.24) is 9.88 Å². The Kier molecular flexibility index (Phi) is 3.61. The number of nitrogens with zero attached hydrogens (tertiary/aromatic N) is 2. The molecular formula is C13H18BrN3O. The third-order valence-electron chi connectivity index (χ3n) is 3.29. The first-order chi connectivity index (χ1) is 8.43. The van der Waals surface area contributed by atoms with Gasteiger partial charge in [0.1, 0.15) is 5.82 Å². The highest BCUT2D eigenvalue weighted by molar-refractivity contribution is 9.10. The molecule has 1 saturated heterocycles. The van der Waals surface area contributed by atoms with Gasteiger partial charge < -0.3 is 10.2 Å². The maximum atomic E-state index is 12.5. The van der Waals surface area contributed by atoms with E-state index in [4.69, 9.17) is 0 Å². The molecule has 18 heavy (non-hydrogen) atoms. The minimum absolute atomic E-state index is 0.0544. The molecule has 1 aliphatic heterocycles. The van der Waals surface area contributed by atoms with Crippen LogP contribution in [0.25, 0.3) is 0 Å². The van der Waals surface area contributed by atoms with Crippen molar-refractivity contribution in [2.75, 3.05) is 25.5 Å². The molecule has 0 aliphatic carbocycles. The van der Waals surface area contributed by atoms with Gasteiger partial charge in [-0.05, 0) is 33.8 Å². The van der Waals surface area contributed by atoms with Crippen molar-refractivity contribution in [2.45, 2.75) is 20.3 Å². The lowest BCUT2D eigenvalue weighted by molar-refractivity contribution is 0.0779. The van der Waals surface area contributed by atoms with Gasteiger partial charge in [0.05, 0.1) is 5.56 Å². The first-order valence-corrected chi connectivity index (χ1v) is 6.85. The molecule has 1 aromatic rings. The zero-order valence-electron chi connectivity index (χ0n) is 11.0. The Labute approximate surface area is 116 Å². The van der Waals surface area contributed by atoms with Gasteiger partial charge in [-0.25, -0.2) is 4.98 Å². The Morgan fingerprint density at radius 3 is 2.83 bits per heavy atom. The molecule has 1 fully saturated rings. The lowest BCUT2D eigenvalue weighted by atomic mass is 9.93. The highest BCUT2D eigenvalue weighted by Gasteiger charge is 2.33. The lowest BCUT2D eigenvalue weighted by Gasteiger charge is -2.20. The molecule has 1 N–H and O–H groups in total. The number of rotatable bonds is 2. The first-order valence-electron chi connectivity index (χ1n) is 6.05. The Morgan fingerprint density at radius 2 is 2.28 bits per heavy atom. The van der Waals surface area contributed by atoms with Crippen LogP contribution in [0.4, 0.5) is 5.82 Å². The van der Waals surface area contributed by atoms with Gasteiger partial charge in [-0.2, -0.15) is 0 Å². The van der Waals surface area contributed by atoms with E-state index in [2.05, 4.69) is 40.1 Å². The van der Waals surface area contributed by atoms with Crippen LogP contribution in [0, 0.1) is 5.41 Å². The first kappa shape index (κ1) is 13.3. The van der Waals surface area contributed by atoms with Gasteiger partial charge >= 0.3 is 0 Å². The number of anilines is 1. The molecule has 2 rings (SSSR count). The lowest BCUT2D eigenvalue weighted by Crippen LogP contribution is -2.31. The number of carbonyl (C=O) groups is 1. The van der Waals surface area contributed by atoms with Gasteiger partial charge in [0.2, 0.25) is 0 Å². The number of carbonyl (C=O) groups excluding carboxylic acids is 1. The predicted octanol–water partition coefficient (Wildman–Crippen LogP) is 2.76. The molecule has 4 nitrogen and oxygen atoms in total. The summed E-state index contributed by atoms with van der Waals surface area (Å²) in [7, 11) is 1.78. The number of amides is 1. The fourth-order valence-electron chi connectivity index (χ4n) is 2.26. The van der Waals surface area contributed by atoms with Crippen LogP contribution in [-0.4, -0.2) is 35.9 Å². The largest absolute Gasteiger partial charge is 0.372 e. The van der Waals surface area contributed by atoms with E-state index in [1.807, 2.05) is 11.0 Å². The van der Waals surface area contributed by atoms with E-state index in [-0.39, 0.29) is 11.3 Å². The van der Waals surface area contributed by atoms with Gasteiger partial charge in [0.25, 0.3) is 5.91 Å². The minimum atomic E-state index is 0.0544. The topological polar surface area (TPSA) is 45.2 Å². The molecular weight excluding hydrogens is 294 g/mol. The highest BCUT2D eigenvalue weighted by atomic mass is 79.9. The predicted molar refractivity (Wildman–Crippen MR) is 75.8 cm³/mol. The summed E-state index contributed by atoms with van der Waals surface area (Å²) in [4.78, 5) is 18.6. The van der Waals surface area contributed by atoms with E-state index in [0.717, 1.165) is 24.0 Å². The molecule has 0 aromatic carbocycles. The number of nitrogens with one attached hydrogen (secondary N) is 1. The Hall–Kier alpha value is -1.10. The summed E-state index contributed by atoms with van der Waals surface area (Å²) in [6, 6.07) is 1.83. The molecule has 0 bridgehead atoms. The van der Waals surface area contributed by atoms with Crippen LogP contribution in [0.3, 0.4) is 0 Å². The average molecular weight is 312 g/mol. The van der Waals surface area contributed by atoms with Crippen LogP contribution in [0.15, 0.2) is 16.7 Å². The fourth-order valence-corrected chi connectivity index (χ4v) is 2.59. The van der Waals surface area contributed by atoms with E-state index < -0.39 is 0 Å². The van der Waals surface area contributed by atoms with Gasteiger partial charge in [0, 0.05) is 30.8 Å². The van der Waals surface area contributed by atoms with Gasteiger partial charge in [-0.15, -0.1) is 0 Å². The maximum absolute atomic E-state index is 12.5. The van der Waals surface area contributed by atoms with Crippen molar-refractivity contribution >= 4 is 27.7 Å².